The van der Waals surface area contributed by atoms with Crippen molar-refractivity contribution in [3.8, 4) is 28.0 Å². The van der Waals surface area contributed by atoms with Crippen LogP contribution in [0.4, 0.5) is 11.5 Å². The van der Waals surface area contributed by atoms with Crippen LogP contribution in [-0.4, -0.2) is 98.5 Å². The van der Waals surface area contributed by atoms with Crippen LogP contribution in [0.1, 0.15) is 92.2 Å². The maximum atomic E-state index is 12.3. The van der Waals surface area contributed by atoms with Gasteiger partial charge in [0.05, 0.1) is 40.1 Å². The van der Waals surface area contributed by atoms with E-state index in [4.69, 9.17) is 24.9 Å². The molecule has 14 nitrogen and oxygen atoms in total. The van der Waals surface area contributed by atoms with Crippen LogP contribution in [0.3, 0.4) is 0 Å². The van der Waals surface area contributed by atoms with Gasteiger partial charge in [0.1, 0.15) is 16.9 Å². The summed E-state index contributed by atoms with van der Waals surface area (Å²) in [7, 11) is 2.30. The fraction of sp³-hybridized carbons (Fsp3) is 0.488. The Morgan fingerprint density at radius 2 is 1.78 bits per heavy atom. The molecule has 0 aromatic carbocycles. The summed E-state index contributed by atoms with van der Waals surface area (Å²) in [6, 6.07) is 14.9. The third kappa shape index (κ3) is 8.18. The van der Waals surface area contributed by atoms with Crippen LogP contribution in [0.5, 0.6) is 0 Å². The van der Waals surface area contributed by atoms with E-state index in [1.807, 2.05) is 47.2 Å². The molecule has 15 heteroatoms. The van der Waals surface area contributed by atoms with Gasteiger partial charge >= 0.3 is 0 Å². The highest BCUT2D eigenvalue weighted by Gasteiger charge is 2.31. The highest BCUT2D eigenvalue weighted by Crippen LogP contribution is 2.40. The van der Waals surface area contributed by atoms with Gasteiger partial charge < -0.3 is 19.9 Å². The number of piperidine rings is 2. The van der Waals surface area contributed by atoms with Crippen molar-refractivity contribution in [2.45, 2.75) is 88.1 Å². The van der Waals surface area contributed by atoms with Gasteiger partial charge in [-0.05, 0) is 107 Å². The molecule has 8 heterocycles. The second-order valence-corrected chi connectivity index (χ2v) is 17.3. The van der Waals surface area contributed by atoms with Gasteiger partial charge in [-0.15, -0.1) is 10.2 Å². The van der Waals surface area contributed by atoms with Crippen LogP contribution in [-0.2, 0) is 14.3 Å². The van der Waals surface area contributed by atoms with Crippen molar-refractivity contribution in [1.29, 1.82) is 5.26 Å². The van der Waals surface area contributed by atoms with Crippen molar-refractivity contribution < 1.29 is 14.3 Å². The summed E-state index contributed by atoms with van der Waals surface area (Å²) in [6.07, 6.45) is 14.9. The predicted molar refractivity (Wildman–Crippen MR) is 221 cm³/mol. The van der Waals surface area contributed by atoms with Gasteiger partial charge in [-0.2, -0.15) is 10.4 Å². The summed E-state index contributed by atoms with van der Waals surface area (Å²) in [5.74, 6) is 1.30. The van der Waals surface area contributed by atoms with Crippen LogP contribution >= 0.6 is 11.3 Å². The molecule has 2 N–H and O–H groups in total. The molecule has 3 aliphatic heterocycles. The van der Waals surface area contributed by atoms with E-state index >= 15 is 0 Å². The van der Waals surface area contributed by atoms with Gasteiger partial charge in [-0.1, -0.05) is 17.4 Å². The van der Waals surface area contributed by atoms with Crippen molar-refractivity contribution in [2.75, 3.05) is 50.1 Å². The quantitative estimate of drug-likeness (QED) is 0.155. The number of carbonyl (C=O) groups excluding carboxylic acids is 2. The lowest BCUT2D eigenvalue weighted by molar-refractivity contribution is -0.134. The number of hydrogen-bond donors (Lipinski definition) is 2. The number of aromatic nitrogens is 6. The first-order valence-electron chi connectivity index (χ1n) is 20.7. The van der Waals surface area contributed by atoms with E-state index < -0.39 is 0 Å². The van der Waals surface area contributed by atoms with Crippen molar-refractivity contribution >= 4 is 40.2 Å². The number of ether oxygens (including phenoxy) is 1. The zero-order valence-corrected chi connectivity index (χ0v) is 33.7. The number of nitrogens with one attached hydrogen (secondary N) is 2. The SMILES string of the molecule is CN(CC1CCN(c2ccc([C@@H]3CCC(=O)NC3=O)cn2)CC1)C1CCC(c2nnc(-c3cnc(-c4ccc5cc(C#N)cnn45)cc3NC3CCOCC3)s2)CC1. The number of hydrogen-bond acceptors (Lipinski definition) is 13. The Labute approximate surface area is 342 Å². The summed E-state index contributed by atoms with van der Waals surface area (Å²) in [5.41, 5.74) is 5.85. The van der Waals surface area contributed by atoms with Gasteiger partial charge in [-0.3, -0.25) is 19.9 Å². The van der Waals surface area contributed by atoms with E-state index in [1.165, 1.54) is 0 Å². The molecule has 0 bridgehead atoms. The summed E-state index contributed by atoms with van der Waals surface area (Å²) in [4.78, 5) is 38.4. The number of pyridine rings is 2. The smallest absolute Gasteiger partial charge is 0.234 e. The minimum Gasteiger partial charge on any atom is -0.381 e. The van der Waals surface area contributed by atoms with E-state index in [0.717, 1.165) is 134 Å². The molecule has 1 atom stereocenters. The van der Waals surface area contributed by atoms with Gasteiger partial charge in [0.15, 0.2) is 5.01 Å². The number of nitrogens with zero attached hydrogens (tertiary/aromatic N) is 9. The van der Waals surface area contributed by atoms with Crippen molar-refractivity contribution in [3.05, 3.63) is 71.1 Å². The number of imide groups is 1. The van der Waals surface area contributed by atoms with E-state index in [9.17, 15) is 14.9 Å². The van der Waals surface area contributed by atoms with E-state index in [-0.39, 0.29) is 17.7 Å². The third-order valence-electron chi connectivity index (χ3n) is 12.6. The first-order valence-corrected chi connectivity index (χ1v) is 21.5. The fourth-order valence-corrected chi connectivity index (χ4v) is 10.2. The van der Waals surface area contributed by atoms with Crippen molar-refractivity contribution in [1.82, 2.24) is 40.0 Å². The molecule has 2 amide bonds. The second-order valence-electron chi connectivity index (χ2n) is 16.3. The standard InChI is InChI=1S/C43H49N11O3S/c1-52(26-27-12-16-53(17-13-27)39-10-4-30(24-46-39)34-8-11-40(55)49-41(34)56)32-5-2-29(3-6-32)42-50-51-43(58-42)35-25-45-37(21-36(35)48-31-14-18-57-19-15-31)38-9-7-33-20-28(22-44)23-47-54(33)38/h4,7,9-10,20-21,23-25,27,29,31-32,34H,2-3,5-6,8,11-19,26H2,1H3,(H,45,48)(H,49,55,56)/t29?,32?,34-/m0/s1. The molecule has 4 fully saturated rings. The molecule has 9 rings (SSSR count). The number of carbonyl (C=O) groups is 2. The van der Waals surface area contributed by atoms with Crippen LogP contribution in [0.25, 0.3) is 27.5 Å². The average molecular weight is 800 g/mol. The molecular weight excluding hydrogens is 751 g/mol. The van der Waals surface area contributed by atoms with E-state index in [2.05, 4.69) is 44.7 Å². The molecule has 0 unspecified atom stereocenters. The summed E-state index contributed by atoms with van der Waals surface area (Å²) >= 11 is 1.69. The molecule has 300 valence electrons. The Morgan fingerprint density at radius 1 is 0.948 bits per heavy atom. The van der Waals surface area contributed by atoms with Crippen molar-refractivity contribution in [2.24, 2.45) is 5.92 Å². The topological polar surface area (TPSA) is 167 Å². The third-order valence-corrected chi connectivity index (χ3v) is 13.7. The first-order chi connectivity index (χ1) is 28.4. The highest BCUT2D eigenvalue weighted by molar-refractivity contribution is 7.14. The zero-order chi connectivity index (χ0) is 39.6. The monoisotopic (exact) mass is 799 g/mol. The van der Waals surface area contributed by atoms with Gasteiger partial charge in [0, 0.05) is 75.4 Å². The Hall–Kier alpha value is -5.30. The molecule has 0 spiro atoms. The number of fused-ring (bicyclic) bond motifs is 1. The molecule has 1 aliphatic carbocycles. The van der Waals surface area contributed by atoms with Gasteiger partial charge in [-0.25, -0.2) is 9.50 Å². The lowest BCUT2D eigenvalue weighted by atomic mass is 9.85. The lowest BCUT2D eigenvalue weighted by Crippen LogP contribution is -2.42. The molecule has 1 saturated carbocycles. The fourth-order valence-electron chi connectivity index (χ4n) is 9.18. The minimum atomic E-state index is -0.302. The Morgan fingerprint density at radius 3 is 2.53 bits per heavy atom. The predicted octanol–water partition coefficient (Wildman–Crippen LogP) is 6.17. The second kappa shape index (κ2) is 16.9. The Balaban J connectivity index is 0.800. The number of nitriles is 1. The minimum absolute atomic E-state index is 0.194. The molecular formula is C43H49N11O3S. The molecule has 4 aliphatic rings. The van der Waals surface area contributed by atoms with Crippen LogP contribution in [0.15, 0.2) is 55.0 Å². The molecule has 58 heavy (non-hydrogen) atoms. The zero-order valence-electron chi connectivity index (χ0n) is 32.8. The van der Waals surface area contributed by atoms with E-state index in [1.54, 1.807) is 17.5 Å². The normalized spacial score (nSPS) is 22.3. The van der Waals surface area contributed by atoms with Crippen LogP contribution in [0.2, 0.25) is 0 Å². The average Bonchev–Trinajstić information content (AvgIpc) is 3.93. The summed E-state index contributed by atoms with van der Waals surface area (Å²) < 4.78 is 7.47. The number of amides is 2. The largest absolute Gasteiger partial charge is 0.381 e. The summed E-state index contributed by atoms with van der Waals surface area (Å²) in [6.45, 7) is 4.54. The number of anilines is 2. The van der Waals surface area contributed by atoms with Crippen LogP contribution < -0.4 is 15.5 Å². The maximum absolute atomic E-state index is 12.3. The highest BCUT2D eigenvalue weighted by atomic mass is 32.1. The number of rotatable bonds is 10. The first kappa shape index (κ1) is 38.2. The van der Waals surface area contributed by atoms with Gasteiger partial charge in [0.2, 0.25) is 11.8 Å². The molecule has 5 aromatic rings. The Bertz CT molecular complexity index is 2300. The Kier molecular flexibility index (Phi) is 11.1. The molecule has 0 radical (unpaired) electrons. The molecule has 5 aromatic heterocycles. The van der Waals surface area contributed by atoms with Gasteiger partial charge in [0.25, 0.3) is 0 Å². The maximum Gasteiger partial charge on any atom is 0.234 e. The summed E-state index contributed by atoms with van der Waals surface area (Å²) in [5, 5.41) is 31.6. The van der Waals surface area contributed by atoms with Crippen LogP contribution in [0, 0.1) is 17.2 Å². The lowest BCUT2D eigenvalue weighted by Gasteiger charge is -2.38. The van der Waals surface area contributed by atoms with Crippen molar-refractivity contribution in [3.63, 3.8) is 0 Å². The molecule has 3 saturated heterocycles. The van der Waals surface area contributed by atoms with E-state index in [0.29, 0.717) is 42.3 Å².